The average molecular weight is 182 g/mol. The van der Waals surface area contributed by atoms with Crippen LogP contribution in [0.3, 0.4) is 0 Å². The summed E-state index contributed by atoms with van der Waals surface area (Å²) in [5.74, 6) is -0.186. The zero-order valence-electron chi connectivity index (χ0n) is 6.95. The summed E-state index contributed by atoms with van der Waals surface area (Å²) < 4.78 is 0. The van der Waals surface area contributed by atoms with E-state index >= 15 is 0 Å². The normalized spacial score (nSPS) is 21.7. The molecule has 13 heavy (non-hydrogen) atoms. The van der Waals surface area contributed by atoms with Gasteiger partial charge in [0.05, 0.1) is 0 Å². The molecule has 1 saturated heterocycles. The molecule has 1 aliphatic heterocycles. The van der Waals surface area contributed by atoms with Crippen LogP contribution < -0.4 is 10.6 Å². The van der Waals surface area contributed by atoms with E-state index < -0.39 is 0 Å². The van der Waals surface area contributed by atoms with Crippen LogP contribution in [0.5, 0.6) is 0 Å². The topological polar surface area (TPSA) is 95.6 Å². The molecule has 0 radical (unpaired) electrons. The lowest BCUT2D eigenvalue weighted by Gasteiger charge is -2.07. The molecular formula is C6H10N6O. The van der Waals surface area contributed by atoms with Crippen molar-refractivity contribution in [2.24, 2.45) is 0 Å². The van der Waals surface area contributed by atoms with Gasteiger partial charge in [0.1, 0.15) is 0 Å². The summed E-state index contributed by atoms with van der Waals surface area (Å²) in [4.78, 5) is 11.3. The van der Waals surface area contributed by atoms with E-state index in [1.54, 1.807) is 0 Å². The first-order valence-electron chi connectivity index (χ1n) is 4.11. The van der Waals surface area contributed by atoms with E-state index in [9.17, 15) is 4.79 Å². The fraction of sp³-hybridized carbons (Fsp3) is 0.667. The highest BCUT2D eigenvalue weighted by Gasteiger charge is 2.19. The molecular weight excluding hydrogens is 172 g/mol. The van der Waals surface area contributed by atoms with Gasteiger partial charge in [0.15, 0.2) is 0 Å². The molecule has 1 amide bonds. The summed E-state index contributed by atoms with van der Waals surface area (Å²) in [6.07, 6.45) is 0.948. The Morgan fingerprint density at radius 2 is 2.54 bits per heavy atom. The van der Waals surface area contributed by atoms with Gasteiger partial charge in [0.25, 0.3) is 11.7 Å². The summed E-state index contributed by atoms with van der Waals surface area (Å²) in [6, 6.07) is 0.186. The van der Waals surface area contributed by atoms with Crippen LogP contribution >= 0.6 is 0 Å². The smallest absolute Gasteiger partial charge is 0.293 e. The van der Waals surface area contributed by atoms with Gasteiger partial charge in [-0.3, -0.25) is 4.79 Å². The molecule has 0 bridgehead atoms. The number of carbonyl (C=O) groups is 1. The van der Waals surface area contributed by atoms with Gasteiger partial charge >= 0.3 is 0 Å². The van der Waals surface area contributed by atoms with Crippen molar-refractivity contribution in [3.63, 3.8) is 0 Å². The van der Waals surface area contributed by atoms with Crippen molar-refractivity contribution < 1.29 is 4.79 Å². The highest BCUT2D eigenvalue weighted by molar-refractivity contribution is 5.90. The van der Waals surface area contributed by atoms with Crippen LogP contribution in [0.4, 0.5) is 0 Å². The molecule has 0 saturated carbocycles. The SMILES string of the molecule is O=C(NC1CCNC1)c1nn[nH]n1. The Morgan fingerprint density at radius 1 is 1.62 bits per heavy atom. The van der Waals surface area contributed by atoms with Gasteiger partial charge in [0, 0.05) is 12.6 Å². The minimum Gasteiger partial charge on any atom is -0.345 e. The fourth-order valence-electron chi connectivity index (χ4n) is 1.29. The number of hydrogen-bond acceptors (Lipinski definition) is 5. The Hall–Kier alpha value is -1.50. The van der Waals surface area contributed by atoms with Crippen molar-refractivity contribution in [2.45, 2.75) is 12.5 Å². The first-order valence-corrected chi connectivity index (χ1v) is 4.11. The van der Waals surface area contributed by atoms with Crippen LogP contribution in [-0.2, 0) is 0 Å². The van der Waals surface area contributed by atoms with E-state index in [0.717, 1.165) is 19.5 Å². The number of tetrazole rings is 1. The van der Waals surface area contributed by atoms with Crippen molar-refractivity contribution in [1.29, 1.82) is 0 Å². The third-order valence-electron chi connectivity index (χ3n) is 1.94. The van der Waals surface area contributed by atoms with Gasteiger partial charge in [-0.15, -0.1) is 10.2 Å². The number of H-pyrrole nitrogens is 1. The van der Waals surface area contributed by atoms with Gasteiger partial charge in [0.2, 0.25) is 0 Å². The van der Waals surface area contributed by atoms with E-state index in [2.05, 4.69) is 31.3 Å². The maximum atomic E-state index is 11.3. The maximum Gasteiger partial charge on any atom is 0.293 e. The monoisotopic (exact) mass is 182 g/mol. The molecule has 7 nitrogen and oxygen atoms in total. The predicted octanol–water partition coefficient (Wildman–Crippen LogP) is -1.71. The zero-order chi connectivity index (χ0) is 9.10. The lowest BCUT2D eigenvalue weighted by molar-refractivity contribution is 0.0929. The van der Waals surface area contributed by atoms with Gasteiger partial charge < -0.3 is 10.6 Å². The quantitative estimate of drug-likeness (QED) is 0.506. The second kappa shape index (κ2) is 3.48. The lowest BCUT2D eigenvalue weighted by Crippen LogP contribution is -2.36. The lowest BCUT2D eigenvalue weighted by atomic mass is 10.2. The highest BCUT2D eigenvalue weighted by Crippen LogP contribution is 1.97. The molecule has 1 atom stereocenters. The standard InChI is InChI=1S/C6H10N6O/c13-6(5-9-11-12-10-5)8-4-1-2-7-3-4/h4,7H,1-3H2,(H,8,13)(H,9,10,11,12). The number of carbonyl (C=O) groups excluding carboxylic acids is 1. The summed E-state index contributed by atoms with van der Waals surface area (Å²) in [5.41, 5.74) is 0. The Labute approximate surface area is 74.3 Å². The molecule has 2 rings (SSSR count). The summed E-state index contributed by atoms with van der Waals surface area (Å²) >= 11 is 0. The third-order valence-corrected chi connectivity index (χ3v) is 1.94. The maximum absolute atomic E-state index is 11.3. The van der Waals surface area contributed by atoms with Crippen molar-refractivity contribution in [2.75, 3.05) is 13.1 Å². The van der Waals surface area contributed by atoms with Crippen molar-refractivity contribution in [3.05, 3.63) is 5.82 Å². The van der Waals surface area contributed by atoms with Crippen molar-refractivity contribution in [3.8, 4) is 0 Å². The Balaban J connectivity index is 1.91. The molecule has 2 heterocycles. The molecule has 3 N–H and O–H groups in total. The first kappa shape index (κ1) is 8.11. The molecule has 70 valence electrons. The van der Waals surface area contributed by atoms with Crippen LogP contribution in [-0.4, -0.2) is 45.7 Å². The van der Waals surface area contributed by atoms with E-state index in [1.807, 2.05) is 0 Å². The molecule has 0 aromatic carbocycles. The predicted molar refractivity (Wildman–Crippen MR) is 42.9 cm³/mol. The highest BCUT2D eigenvalue weighted by atomic mass is 16.2. The van der Waals surface area contributed by atoms with Crippen LogP contribution in [0.2, 0.25) is 0 Å². The van der Waals surface area contributed by atoms with Crippen LogP contribution in [0.15, 0.2) is 0 Å². The number of aromatic nitrogens is 4. The molecule has 0 spiro atoms. The van der Waals surface area contributed by atoms with Gasteiger partial charge in [-0.05, 0) is 18.2 Å². The minimum atomic E-state index is -0.276. The van der Waals surface area contributed by atoms with Gasteiger partial charge in [-0.2, -0.15) is 5.21 Å². The van der Waals surface area contributed by atoms with Crippen LogP contribution in [0.1, 0.15) is 17.0 Å². The summed E-state index contributed by atoms with van der Waals surface area (Å²) in [7, 11) is 0. The van der Waals surface area contributed by atoms with E-state index in [4.69, 9.17) is 0 Å². The average Bonchev–Trinajstić information content (AvgIpc) is 2.74. The van der Waals surface area contributed by atoms with Crippen LogP contribution in [0.25, 0.3) is 0 Å². The van der Waals surface area contributed by atoms with E-state index in [-0.39, 0.29) is 17.8 Å². The number of nitrogens with zero attached hydrogens (tertiary/aromatic N) is 3. The number of amides is 1. The second-order valence-corrected chi connectivity index (χ2v) is 2.90. The molecule has 1 aromatic heterocycles. The molecule has 1 aromatic rings. The molecule has 0 aliphatic carbocycles. The number of rotatable bonds is 2. The number of nitrogens with one attached hydrogen (secondary N) is 3. The Morgan fingerprint density at radius 3 is 3.15 bits per heavy atom. The van der Waals surface area contributed by atoms with Crippen molar-refractivity contribution in [1.82, 2.24) is 31.3 Å². The number of hydrogen-bond donors (Lipinski definition) is 3. The second-order valence-electron chi connectivity index (χ2n) is 2.90. The summed E-state index contributed by atoms with van der Waals surface area (Å²) in [5, 5.41) is 18.6. The van der Waals surface area contributed by atoms with Gasteiger partial charge in [-0.1, -0.05) is 0 Å². The van der Waals surface area contributed by atoms with E-state index in [1.165, 1.54) is 0 Å². The first-order chi connectivity index (χ1) is 6.36. The van der Waals surface area contributed by atoms with Gasteiger partial charge in [-0.25, -0.2) is 0 Å². The molecule has 1 aliphatic rings. The fourth-order valence-corrected chi connectivity index (χ4v) is 1.29. The minimum absolute atomic E-state index is 0.0897. The number of aromatic amines is 1. The Bertz CT molecular complexity index is 277. The summed E-state index contributed by atoms with van der Waals surface area (Å²) in [6.45, 7) is 1.75. The van der Waals surface area contributed by atoms with Crippen LogP contribution in [0, 0.1) is 0 Å². The third kappa shape index (κ3) is 1.81. The molecule has 7 heteroatoms. The van der Waals surface area contributed by atoms with Crippen molar-refractivity contribution >= 4 is 5.91 Å². The molecule has 1 unspecified atom stereocenters. The van der Waals surface area contributed by atoms with E-state index in [0.29, 0.717) is 0 Å². The zero-order valence-corrected chi connectivity index (χ0v) is 6.95. The Kier molecular flexibility index (Phi) is 2.17. The molecule has 1 fully saturated rings. The largest absolute Gasteiger partial charge is 0.345 e.